The normalized spacial score (nSPS) is 13.8. The molecule has 4 nitrogen and oxygen atoms in total. The van der Waals surface area contributed by atoms with Gasteiger partial charge in [0, 0.05) is 22.4 Å². The Morgan fingerprint density at radius 2 is 1.74 bits per heavy atom. The van der Waals surface area contributed by atoms with Crippen LogP contribution in [0.1, 0.15) is 50.2 Å². The van der Waals surface area contributed by atoms with Crippen molar-refractivity contribution in [2.24, 2.45) is 0 Å². The minimum absolute atomic E-state index is 0.250. The Morgan fingerprint density at radius 3 is 2.39 bits per heavy atom. The van der Waals surface area contributed by atoms with Crippen molar-refractivity contribution in [1.82, 2.24) is 0 Å². The number of benzene rings is 2. The van der Waals surface area contributed by atoms with Gasteiger partial charge in [-0.3, -0.25) is 5.41 Å². The van der Waals surface area contributed by atoms with E-state index in [-0.39, 0.29) is 5.56 Å². The lowest BCUT2D eigenvalue weighted by Gasteiger charge is -2.23. The summed E-state index contributed by atoms with van der Waals surface area (Å²) in [5, 5.41) is 26.5. The third kappa shape index (κ3) is 2.36. The third-order valence-electron chi connectivity index (χ3n) is 4.58. The molecular formula is C19H18N2O2. The summed E-state index contributed by atoms with van der Waals surface area (Å²) in [4.78, 5) is 11.6. The van der Waals surface area contributed by atoms with Gasteiger partial charge in [-0.15, -0.1) is 0 Å². The van der Waals surface area contributed by atoms with Crippen LogP contribution in [0.4, 0.5) is 0 Å². The Morgan fingerprint density at radius 1 is 1.09 bits per heavy atom. The smallest absolute Gasteiger partial charge is 0.335 e. The number of fused-ring (bicyclic) bond motifs is 2. The van der Waals surface area contributed by atoms with E-state index in [1.165, 1.54) is 0 Å². The number of aryl methyl sites for hydroxylation is 1. The highest BCUT2D eigenvalue weighted by atomic mass is 16.4. The fraction of sp³-hybridized carbons (Fsp3) is 0.211. The van der Waals surface area contributed by atoms with Crippen LogP contribution in [-0.2, 0) is 6.42 Å². The van der Waals surface area contributed by atoms with Gasteiger partial charge in [-0.05, 0) is 49.4 Å². The lowest BCUT2D eigenvalue weighted by Crippen LogP contribution is -2.20. The fourth-order valence-corrected chi connectivity index (χ4v) is 3.24. The highest BCUT2D eigenvalue weighted by molar-refractivity contribution is 6.20. The zero-order valence-electron chi connectivity index (χ0n) is 13.2. The molecule has 0 radical (unpaired) electrons. The highest BCUT2D eigenvalue weighted by Gasteiger charge is 2.25. The Labute approximate surface area is 134 Å². The molecule has 0 saturated carbocycles. The SMILES string of the molecule is Cc1cc(C(=O)O)c2c(c1C)C(=N)c1ccccc1C(=N)CC2. The van der Waals surface area contributed by atoms with Crippen molar-refractivity contribution in [2.75, 3.05) is 0 Å². The highest BCUT2D eigenvalue weighted by Crippen LogP contribution is 2.30. The molecule has 3 N–H and O–H groups in total. The molecule has 0 spiro atoms. The summed E-state index contributed by atoms with van der Waals surface area (Å²) < 4.78 is 0. The van der Waals surface area contributed by atoms with Gasteiger partial charge >= 0.3 is 5.97 Å². The van der Waals surface area contributed by atoms with Gasteiger partial charge in [-0.1, -0.05) is 24.3 Å². The first kappa shape index (κ1) is 15.2. The number of carboxylic acid groups (broad SMARTS) is 1. The van der Waals surface area contributed by atoms with E-state index >= 15 is 0 Å². The number of nitrogens with one attached hydrogen (secondary N) is 2. The van der Waals surface area contributed by atoms with Crippen LogP contribution in [0.2, 0.25) is 0 Å². The lowest BCUT2D eigenvalue weighted by molar-refractivity contribution is 0.0695. The number of carbonyl (C=O) groups is 1. The van der Waals surface area contributed by atoms with Crippen molar-refractivity contribution in [2.45, 2.75) is 26.7 Å². The van der Waals surface area contributed by atoms with E-state index in [0.717, 1.165) is 16.7 Å². The van der Waals surface area contributed by atoms with E-state index in [1.54, 1.807) is 6.07 Å². The van der Waals surface area contributed by atoms with Gasteiger partial charge in [-0.2, -0.15) is 0 Å². The number of carboxylic acids is 1. The quantitative estimate of drug-likeness (QED) is 0.750. The maximum absolute atomic E-state index is 11.6. The molecule has 0 amide bonds. The van der Waals surface area contributed by atoms with Crippen molar-refractivity contribution in [1.29, 1.82) is 10.8 Å². The molecule has 0 aliphatic heterocycles. The first-order chi connectivity index (χ1) is 10.9. The topological polar surface area (TPSA) is 85.0 Å². The molecule has 4 heteroatoms. The van der Waals surface area contributed by atoms with E-state index < -0.39 is 5.97 Å². The van der Waals surface area contributed by atoms with Gasteiger partial charge < -0.3 is 10.5 Å². The van der Waals surface area contributed by atoms with E-state index in [2.05, 4.69) is 0 Å². The van der Waals surface area contributed by atoms with Gasteiger partial charge in [0.15, 0.2) is 0 Å². The Bertz CT molecular complexity index is 866. The predicted molar refractivity (Wildman–Crippen MR) is 90.4 cm³/mol. The monoisotopic (exact) mass is 306 g/mol. The zero-order valence-corrected chi connectivity index (χ0v) is 13.2. The average Bonchev–Trinajstić information content (AvgIpc) is 2.53. The molecule has 2 aromatic carbocycles. The summed E-state index contributed by atoms with van der Waals surface area (Å²) in [7, 11) is 0. The summed E-state index contributed by atoms with van der Waals surface area (Å²) >= 11 is 0. The lowest BCUT2D eigenvalue weighted by atomic mass is 9.81. The van der Waals surface area contributed by atoms with E-state index in [4.69, 9.17) is 10.8 Å². The van der Waals surface area contributed by atoms with Crippen LogP contribution in [0.15, 0.2) is 30.3 Å². The molecule has 0 fully saturated rings. The minimum Gasteiger partial charge on any atom is -0.478 e. The summed E-state index contributed by atoms with van der Waals surface area (Å²) in [6.45, 7) is 3.81. The predicted octanol–water partition coefficient (Wildman–Crippen LogP) is 3.73. The Kier molecular flexibility index (Phi) is 3.60. The molecule has 2 aromatic rings. The fourth-order valence-electron chi connectivity index (χ4n) is 3.24. The van der Waals surface area contributed by atoms with Crippen molar-refractivity contribution in [3.8, 4) is 0 Å². The van der Waals surface area contributed by atoms with Crippen LogP contribution in [-0.4, -0.2) is 22.5 Å². The van der Waals surface area contributed by atoms with Gasteiger partial charge in [0.1, 0.15) is 0 Å². The molecule has 1 aliphatic carbocycles. The standard InChI is InChI=1S/C19H18N2O2/c1-10-9-15(19(22)23)13-7-8-16(20)12-5-3-4-6-14(12)18(21)17(13)11(10)2/h3-6,9,20-21H,7-8H2,1-2H3,(H,22,23). The van der Waals surface area contributed by atoms with Crippen LogP contribution >= 0.6 is 0 Å². The zero-order chi connectivity index (χ0) is 16.7. The number of rotatable bonds is 1. The largest absolute Gasteiger partial charge is 0.478 e. The summed E-state index contributed by atoms with van der Waals surface area (Å²) in [5.74, 6) is -0.975. The molecule has 0 unspecified atom stereocenters. The molecule has 3 rings (SSSR count). The minimum atomic E-state index is -0.975. The van der Waals surface area contributed by atoms with Crippen LogP contribution in [0, 0.1) is 24.7 Å². The number of hydrogen-bond acceptors (Lipinski definition) is 3. The first-order valence-corrected chi connectivity index (χ1v) is 7.54. The van der Waals surface area contributed by atoms with Gasteiger partial charge in [0.05, 0.1) is 11.3 Å². The first-order valence-electron chi connectivity index (χ1n) is 7.54. The van der Waals surface area contributed by atoms with E-state index in [0.29, 0.717) is 41.0 Å². The number of hydrogen-bond donors (Lipinski definition) is 3. The number of aromatic carboxylic acids is 1. The maximum atomic E-state index is 11.6. The van der Waals surface area contributed by atoms with Crippen molar-refractivity contribution in [3.63, 3.8) is 0 Å². The van der Waals surface area contributed by atoms with E-state index in [1.807, 2.05) is 38.1 Å². The van der Waals surface area contributed by atoms with Crippen LogP contribution in [0.5, 0.6) is 0 Å². The van der Waals surface area contributed by atoms with Crippen LogP contribution < -0.4 is 0 Å². The van der Waals surface area contributed by atoms with Crippen molar-refractivity contribution in [3.05, 3.63) is 69.3 Å². The molecule has 0 heterocycles. The average molecular weight is 306 g/mol. The maximum Gasteiger partial charge on any atom is 0.335 e. The van der Waals surface area contributed by atoms with Crippen LogP contribution in [0.25, 0.3) is 0 Å². The molecule has 1 aliphatic rings. The van der Waals surface area contributed by atoms with Crippen LogP contribution in [0.3, 0.4) is 0 Å². The second kappa shape index (κ2) is 5.47. The molecule has 0 saturated heterocycles. The Hall–Kier alpha value is -2.75. The Balaban J connectivity index is 2.37. The second-order valence-corrected chi connectivity index (χ2v) is 5.92. The molecular weight excluding hydrogens is 288 g/mol. The molecule has 0 atom stereocenters. The molecule has 116 valence electrons. The summed E-state index contributed by atoms with van der Waals surface area (Å²) in [6.07, 6.45) is 0.938. The second-order valence-electron chi connectivity index (χ2n) is 5.92. The van der Waals surface area contributed by atoms with Gasteiger partial charge in [0.2, 0.25) is 0 Å². The molecule has 23 heavy (non-hydrogen) atoms. The summed E-state index contributed by atoms with van der Waals surface area (Å²) in [5.41, 5.74) is 5.67. The summed E-state index contributed by atoms with van der Waals surface area (Å²) in [6, 6.07) is 9.10. The van der Waals surface area contributed by atoms with E-state index in [9.17, 15) is 9.90 Å². The van der Waals surface area contributed by atoms with Gasteiger partial charge in [-0.25, -0.2) is 4.79 Å². The molecule has 0 aromatic heterocycles. The molecule has 0 bridgehead atoms. The van der Waals surface area contributed by atoms with Crippen molar-refractivity contribution >= 4 is 17.4 Å². The third-order valence-corrected chi connectivity index (χ3v) is 4.58. The van der Waals surface area contributed by atoms with Crippen molar-refractivity contribution < 1.29 is 9.90 Å². The van der Waals surface area contributed by atoms with Gasteiger partial charge in [0.25, 0.3) is 0 Å².